The van der Waals surface area contributed by atoms with Crippen LogP contribution < -0.4 is 5.32 Å². The Morgan fingerprint density at radius 1 is 1.00 bits per heavy atom. The van der Waals surface area contributed by atoms with E-state index in [0.717, 1.165) is 25.3 Å². The number of benzene rings is 2. The number of amides is 2. The van der Waals surface area contributed by atoms with Crippen LogP contribution in [0.15, 0.2) is 42.5 Å². The Hall–Kier alpha value is -2.80. The Kier molecular flexibility index (Phi) is 6.63. The van der Waals surface area contributed by atoms with Gasteiger partial charge in [0.05, 0.1) is 12.0 Å². The molecule has 2 aromatic rings. The third kappa shape index (κ3) is 4.78. The van der Waals surface area contributed by atoms with Crippen molar-refractivity contribution < 1.29 is 18.4 Å². The molecule has 7 heteroatoms. The van der Waals surface area contributed by atoms with E-state index in [9.17, 15) is 18.4 Å². The Morgan fingerprint density at radius 2 is 1.70 bits per heavy atom. The minimum Gasteiger partial charge on any atom is -0.349 e. The molecule has 2 saturated heterocycles. The third-order valence-electron chi connectivity index (χ3n) is 8.86. The highest BCUT2D eigenvalue weighted by Crippen LogP contribution is 2.51. The van der Waals surface area contributed by atoms with Crippen molar-refractivity contribution in [3.8, 4) is 0 Å². The van der Waals surface area contributed by atoms with Crippen LogP contribution in [-0.4, -0.2) is 53.3 Å². The molecule has 1 spiro atoms. The lowest BCUT2D eigenvalue weighted by Gasteiger charge is -2.41. The van der Waals surface area contributed by atoms with Crippen LogP contribution in [0, 0.1) is 17.6 Å². The quantitative estimate of drug-likeness (QED) is 0.639. The van der Waals surface area contributed by atoms with Crippen molar-refractivity contribution in [2.24, 2.45) is 5.92 Å². The van der Waals surface area contributed by atoms with Gasteiger partial charge in [0, 0.05) is 56.0 Å². The van der Waals surface area contributed by atoms with Crippen molar-refractivity contribution in [1.82, 2.24) is 15.1 Å². The second kappa shape index (κ2) is 9.50. The summed E-state index contributed by atoms with van der Waals surface area (Å²) in [6, 6.07) is 12.0. The highest BCUT2D eigenvalue weighted by Gasteiger charge is 2.49. The summed E-state index contributed by atoms with van der Waals surface area (Å²) in [4.78, 5) is 30.0. The lowest BCUT2D eigenvalue weighted by molar-refractivity contribution is -0.137. The van der Waals surface area contributed by atoms with Crippen LogP contribution >= 0.6 is 0 Å². The van der Waals surface area contributed by atoms with Gasteiger partial charge in [-0.1, -0.05) is 30.3 Å². The van der Waals surface area contributed by atoms with E-state index in [2.05, 4.69) is 49.2 Å². The molecule has 1 aliphatic carbocycles. The first-order valence-electron chi connectivity index (χ1n) is 13.3. The summed E-state index contributed by atoms with van der Waals surface area (Å²) in [5.74, 6) is -1.86. The van der Waals surface area contributed by atoms with Crippen molar-refractivity contribution >= 4 is 11.8 Å². The van der Waals surface area contributed by atoms with Gasteiger partial charge in [-0.3, -0.25) is 14.5 Å². The Morgan fingerprint density at radius 3 is 2.35 bits per heavy atom. The van der Waals surface area contributed by atoms with E-state index >= 15 is 0 Å². The molecule has 1 unspecified atom stereocenters. The Bertz CT molecular complexity index is 1200. The predicted molar refractivity (Wildman–Crippen MR) is 139 cm³/mol. The number of nitrogens with zero attached hydrogens (tertiary/aromatic N) is 2. The zero-order chi connectivity index (χ0) is 26.5. The molecule has 5 rings (SSSR count). The average molecular weight is 510 g/mol. The standard InChI is InChI=1S/C30H37F2N3O2/c1-19(36)33-27-16-30(25-8-6-5-7-22(25)27)11-13-34(14-12-30)28(37)24-18-35(29(2,3)4)17-23(24)21-10-9-20(31)15-26(21)32/h5-10,15,23-24,27H,11-14,16-18H2,1-4H3,(H,33,36)/t23-,24+,27?/m0/s1. The summed E-state index contributed by atoms with van der Waals surface area (Å²) < 4.78 is 28.5. The van der Waals surface area contributed by atoms with Gasteiger partial charge in [0.15, 0.2) is 0 Å². The van der Waals surface area contributed by atoms with Crippen LogP contribution in [0.4, 0.5) is 8.78 Å². The van der Waals surface area contributed by atoms with Gasteiger partial charge in [-0.05, 0) is 62.8 Å². The maximum Gasteiger partial charge on any atom is 0.227 e. The molecule has 0 radical (unpaired) electrons. The van der Waals surface area contributed by atoms with Gasteiger partial charge in [-0.15, -0.1) is 0 Å². The molecule has 0 saturated carbocycles. The molecular formula is C30H37F2N3O2. The maximum absolute atomic E-state index is 14.9. The Balaban J connectivity index is 1.36. The minimum atomic E-state index is -0.606. The number of rotatable bonds is 3. The van der Waals surface area contributed by atoms with Crippen LogP contribution in [0.2, 0.25) is 0 Å². The second-order valence-corrected chi connectivity index (χ2v) is 12.1. The molecule has 198 valence electrons. The summed E-state index contributed by atoms with van der Waals surface area (Å²) in [6.45, 7) is 10.2. The number of piperidine rings is 1. The summed E-state index contributed by atoms with van der Waals surface area (Å²) in [7, 11) is 0. The van der Waals surface area contributed by atoms with Crippen LogP contribution in [0.5, 0.6) is 0 Å². The van der Waals surface area contributed by atoms with E-state index in [-0.39, 0.29) is 40.6 Å². The third-order valence-corrected chi connectivity index (χ3v) is 8.86. The Labute approximate surface area is 218 Å². The fraction of sp³-hybridized carbons (Fsp3) is 0.533. The van der Waals surface area contributed by atoms with Crippen LogP contribution in [0.3, 0.4) is 0 Å². The molecule has 2 fully saturated rings. The zero-order valence-corrected chi connectivity index (χ0v) is 22.2. The minimum absolute atomic E-state index is 0.00282. The lowest BCUT2D eigenvalue weighted by atomic mass is 9.73. The maximum atomic E-state index is 14.9. The summed E-state index contributed by atoms with van der Waals surface area (Å²) in [6.07, 6.45) is 2.51. The van der Waals surface area contributed by atoms with Gasteiger partial charge in [0.2, 0.25) is 11.8 Å². The largest absolute Gasteiger partial charge is 0.349 e. The van der Waals surface area contributed by atoms with Crippen molar-refractivity contribution in [3.63, 3.8) is 0 Å². The molecule has 3 aliphatic rings. The van der Waals surface area contributed by atoms with Crippen molar-refractivity contribution in [2.75, 3.05) is 26.2 Å². The van der Waals surface area contributed by atoms with Gasteiger partial charge in [0.25, 0.3) is 0 Å². The first-order valence-corrected chi connectivity index (χ1v) is 13.3. The summed E-state index contributed by atoms with van der Waals surface area (Å²) >= 11 is 0. The monoisotopic (exact) mass is 509 g/mol. The normalized spacial score (nSPS) is 25.4. The molecule has 2 amide bonds. The van der Waals surface area contributed by atoms with E-state index in [1.165, 1.54) is 23.3 Å². The molecule has 37 heavy (non-hydrogen) atoms. The number of nitrogens with one attached hydrogen (secondary N) is 1. The molecule has 2 heterocycles. The van der Waals surface area contributed by atoms with Crippen LogP contribution in [-0.2, 0) is 15.0 Å². The molecule has 2 aliphatic heterocycles. The zero-order valence-electron chi connectivity index (χ0n) is 22.2. The van der Waals surface area contributed by atoms with Crippen molar-refractivity contribution in [1.29, 1.82) is 0 Å². The van der Waals surface area contributed by atoms with Crippen molar-refractivity contribution in [2.45, 2.75) is 69.9 Å². The highest BCUT2D eigenvalue weighted by molar-refractivity contribution is 5.81. The number of carbonyl (C=O) groups is 2. The smallest absolute Gasteiger partial charge is 0.227 e. The molecule has 2 aromatic carbocycles. The topological polar surface area (TPSA) is 52.7 Å². The molecule has 1 N–H and O–H groups in total. The van der Waals surface area contributed by atoms with Gasteiger partial charge in [-0.2, -0.15) is 0 Å². The van der Waals surface area contributed by atoms with E-state index in [1.807, 2.05) is 11.0 Å². The predicted octanol–water partition coefficient (Wildman–Crippen LogP) is 4.92. The molecular weight excluding hydrogens is 472 g/mol. The molecule has 3 atom stereocenters. The molecule has 0 bridgehead atoms. The molecule has 0 aromatic heterocycles. The first-order chi connectivity index (χ1) is 17.5. The fourth-order valence-electron chi connectivity index (χ4n) is 6.85. The van der Waals surface area contributed by atoms with Crippen LogP contribution in [0.1, 0.15) is 75.6 Å². The second-order valence-electron chi connectivity index (χ2n) is 12.1. The highest BCUT2D eigenvalue weighted by atomic mass is 19.1. The lowest BCUT2D eigenvalue weighted by Crippen LogP contribution is -2.48. The van der Waals surface area contributed by atoms with Gasteiger partial charge in [0.1, 0.15) is 11.6 Å². The van der Waals surface area contributed by atoms with E-state index < -0.39 is 11.6 Å². The molecule has 5 nitrogen and oxygen atoms in total. The average Bonchev–Trinajstić information content (AvgIpc) is 3.40. The summed E-state index contributed by atoms with van der Waals surface area (Å²) in [5, 5.41) is 3.11. The number of carbonyl (C=O) groups excluding carboxylic acids is 2. The first kappa shape index (κ1) is 25.8. The van der Waals surface area contributed by atoms with Crippen molar-refractivity contribution in [3.05, 3.63) is 70.8 Å². The van der Waals surface area contributed by atoms with Gasteiger partial charge < -0.3 is 10.2 Å². The fourth-order valence-corrected chi connectivity index (χ4v) is 6.85. The van der Waals surface area contributed by atoms with Gasteiger partial charge >= 0.3 is 0 Å². The number of hydrogen-bond donors (Lipinski definition) is 1. The number of halogens is 2. The number of likely N-dealkylation sites (tertiary alicyclic amines) is 2. The number of fused-ring (bicyclic) bond motifs is 2. The van der Waals surface area contributed by atoms with Crippen LogP contribution in [0.25, 0.3) is 0 Å². The van der Waals surface area contributed by atoms with Gasteiger partial charge in [-0.25, -0.2) is 8.78 Å². The number of hydrogen-bond acceptors (Lipinski definition) is 3. The summed E-state index contributed by atoms with van der Waals surface area (Å²) in [5.41, 5.74) is 2.66. The van der Waals surface area contributed by atoms with E-state index in [1.54, 1.807) is 6.92 Å². The van der Waals surface area contributed by atoms with E-state index in [0.29, 0.717) is 31.7 Å². The SMILES string of the molecule is CC(=O)NC1CC2(CCN(C(=O)[C@@H]3CN(C(C)(C)C)C[C@H]3c3ccc(F)cc3F)CC2)c2ccccc21. The van der Waals surface area contributed by atoms with E-state index in [4.69, 9.17) is 0 Å².